The number of ether oxygens (including phenoxy) is 1. The highest BCUT2D eigenvalue weighted by Gasteiger charge is 2.00. The SMILES string of the molecule is C[C@@H](O)c1ccc(OCc2ccncc2)cc1. The zero-order valence-electron chi connectivity index (χ0n) is 9.71. The van der Waals surface area contributed by atoms with E-state index in [0.29, 0.717) is 6.61 Å². The second-order valence-corrected chi connectivity index (χ2v) is 3.89. The fourth-order valence-corrected chi connectivity index (χ4v) is 1.49. The summed E-state index contributed by atoms with van der Waals surface area (Å²) >= 11 is 0. The minimum atomic E-state index is -0.441. The average molecular weight is 229 g/mol. The van der Waals surface area contributed by atoms with Crippen LogP contribution in [0, 0.1) is 0 Å². The lowest BCUT2D eigenvalue weighted by molar-refractivity contribution is 0.199. The fraction of sp³-hybridized carbons (Fsp3) is 0.214. The molecule has 1 aromatic carbocycles. The summed E-state index contributed by atoms with van der Waals surface area (Å²) in [5, 5.41) is 9.37. The van der Waals surface area contributed by atoms with E-state index < -0.39 is 6.10 Å². The number of hydrogen-bond donors (Lipinski definition) is 1. The van der Waals surface area contributed by atoms with Crippen LogP contribution < -0.4 is 4.74 Å². The van der Waals surface area contributed by atoms with Gasteiger partial charge in [0, 0.05) is 12.4 Å². The second kappa shape index (κ2) is 5.46. The number of benzene rings is 1. The standard InChI is InChI=1S/C14H15NO2/c1-11(16)13-2-4-14(5-3-13)17-10-12-6-8-15-9-7-12/h2-9,11,16H,10H2,1H3/t11-/m1/s1. The predicted octanol–water partition coefficient (Wildman–Crippen LogP) is 2.71. The molecule has 0 radical (unpaired) electrons. The van der Waals surface area contributed by atoms with Crippen molar-refractivity contribution in [2.75, 3.05) is 0 Å². The van der Waals surface area contributed by atoms with Crippen molar-refractivity contribution in [3.8, 4) is 5.75 Å². The first kappa shape index (κ1) is 11.6. The van der Waals surface area contributed by atoms with Gasteiger partial charge in [0.25, 0.3) is 0 Å². The van der Waals surface area contributed by atoms with Gasteiger partial charge in [0.15, 0.2) is 0 Å². The van der Waals surface area contributed by atoms with Gasteiger partial charge in [0.2, 0.25) is 0 Å². The van der Waals surface area contributed by atoms with Gasteiger partial charge in [-0.05, 0) is 42.3 Å². The summed E-state index contributed by atoms with van der Waals surface area (Å²) in [6.45, 7) is 2.27. The lowest BCUT2D eigenvalue weighted by Gasteiger charge is -2.08. The highest BCUT2D eigenvalue weighted by atomic mass is 16.5. The maximum absolute atomic E-state index is 9.37. The van der Waals surface area contributed by atoms with Crippen LogP contribution in [0.1, 0.15) is 24.2 Å². The molecule has 17 heavy (non-hydrogen) atoms. The van der Waals surface area contributed by atoms with Gasteiger partial charge < -0.3 is 9.84 Å². The van der Waals surface area contributed by atoms with Crippen molar-refractivity contribution in [3.63, 3.8) is 0 Å². The highest BCUT2D eigenvalue weighted by molar-refractivity contribution is 5.28. The predicted molar refractivity (Wildman–Crippen MR) is 65.6 cm³/mol. The minimum absolute atomic E-state index is 0.441. The molecule has 0 bridgehead atoms. The summed E-state index contributed by atoms with van der Waals surface area (Å²) in [5.74, 6) is 0.797. The Balaban J connectivity index is 1.96. The largest absolute Gasteiger partial charge is 0.489 e. The zero-order valence-corrected chi connectivity index (χ0v) is 9.71. The van der Waals surface area contributed by atoms with Crippen molar-refractivity contribution >= 4 is 0 Å². The van der Waals surface area contributed by atoms with E-state index in [-0.39, 0.29) is 0 Å². The monoisotopic (exact) mass is 229 g/mol. The molecule has 0 amide bonds. The summed E-state index contributed by atoms with van der Waals surface area (Å²) < 4.78 is 5.62. The molecule has 0 aliphatic heterocycles. The minimum Gasteiger partial charge on any atom is -0.489 e. The number of aliphatic hydroxyl groups is 1. The van der Waals surface area contributed by atoms with E-state index in [9.17, 15) is 5.11 Å². The Bertz CT molecular complexity index is 451. The molecule has 1 atom stereocenters. The summed E-state index contributed by atoms with van der Waals surface area (Å²) in [5.41, 5.74) is 1.97. The molecular formula is C14H15NO2. The molecule has 0 saturated carbocycles. The molecule has 0 unspecified atom stereocenters. The van der Waals surface area contributed by atoms with E-state index in [1.807, 2.05) is 36.4 Å². The van der Waals surface area contributed by atoms with Crippen LogP contribution in [-0.2, 0) is 6.61 Å². The Morgan fingerprint density at radius 2 is 1.76 bits per heavy atom. The van der Waals surface area contributed by atoms with E-state index in [1.165, 1.54) is 0 Å². The van der Waals surface area contributed by atoms with Crippen LogP contribution in [0.15, 0.2) is 48.8 Å². The normalized spacial score (nSPS) is 12.1. The third-order valence-electron chi connectivity index (χ3n) is 2.52. The van der Waals surface area contributed by atoms with Crippen molar-refractivity contribution in [1.82, 2.24) is 4.98 Å². The quantitative estimate of drug-likeness (QED) is 0.876. The van der Waals surface area contributed by atoms with Crippen LogP contribution in [0.4, 0.5) is 0 Å². The van der Waals surface area contributed by atoms with Crippen molar-refractivity contribution < 1.29 is 9.84 Å². The molecule has 0 aliphatic carbocycles. The first-order valence-electron chi connectivity index (χ1n) is 5.55. The molecule has 0 aliphatic rings. The lowest BCUT2D eigenvalue weighted by atomic mass is 10.1. The van der Waals surface area contributed by atoms with Gasteiger partial charge in [-0.1, -0.05) is 12.1 Å². The smallest absolute Gasteiger partial charge is 0.119 e. The van der Waals surface area contributed by atoms with Gasteiger partial charge in [-0.15, -0.1) is 0 Å². The number of aliphatic hydroxyl groups excluding tert-OH is 1. The van der Waals surface area contributed by atoms with E-state index >= 15 is 0 Å². The van der Waals surface area contributed by atoms with E-state index in [0.717, 1.165) is 16.9 Å². The van der Waals surface area contributed by atoms with Crippen LogP contribution in [0.2, 0.25) is 0 Å². The van der Waals surface area contributed by atoms with Crippen LogP contribution in [0.3, 0.4) is 0 Å². The fourth-order valence-electron chi connectivity index (χ4n) is 1.49. The van der Waals surface area contributed by atoms with Crippen molar-refractivity contribution in [2.45, 2.75) is 19.6 Å². The lowest BCUT2D eigenvalue weighted by Crippen LogP contribution is -1.96. The Morgan fingerprint density at radius 1 is 1.12 bits per heavy atom. The van der Waals surface area contributed by atoms with Gasteiger partial charge in [-0.3, -0.25) is 4.98 Å². The second-order valence-electron chi connectivity index (χ2n) is 3.89. The molecular weight excluding hydrogens is 214 g/mol. The summed E-state index contributed by atoms with van der Waals surface area (Å²) in [7, 11) is 0. The summed E-state index contributed by atoms with van der Waals surface area (Å²) in [6.07, 6.45) is 3.05. The Labute approximate surface area is 101 Å². The summed E-state index contributed by atoms with van der Waals surface area (Å²) in [4.78, 5) is 3.95. The molecule has 3 heteroatoms. The van der Waals surface area contributed by atoms with Crippen LogP contribution in [0.25, 0.3) is 0 Å². The first-order chi connectivity index (χ1) is 8.25. The number of nitrogens with zero attached hydrogens (tertiary/aromatic N) is 1. The Kier molecular flexibility index (Phi) is 3.73. The molecule has 1 aromatic heterocycles. The molecule has 0 saturated heterocycles. The average Bonchev–Trinajstić information content (AvgIpc) is 2.38. The van der Waals surface area contributed by atoms with Crippen molar-refractivity contribution in [2.24, 2.45) is 0 Å². The van der Waals surface area contributed by atoms with Gasteiger partial charge in [-0.2, -0.15) is 0 Å². The number of aromatic nitrogens is 1. The van der Waals surface area contributed by atoms with E-state index in [4.69, 9.17) is 4.74 Å². The summed E-state index contributed by atoms with van der Waals surface area (Å²) in [6, 6.07) is 11.3. The third kappa shape index (κ3) is 3.29. The zero-order chi connectivity index (χ0) is 12.1. The van der Waals surface area contributed by atoms with Crippen LogP contribution >= 0.6 is 0 Å². The topological polar surface area (TPSA) is 42.4 Å². The maximum atomic E-state index is 9.37. The number of rotatable bonds is 4. The van der Waals surface area contributed by atoms with E-state index in [2.05, 4.69) is 4.98 Å². The van der Waals surface area contributed by atoms with Crippen molar-refractivity contribution in [3.05, 3.63) is 59.9 Å². The molecule has 1 N–H and O–H groups in total. The maximum Gasteiger partial charge on any atom is 0.119 e. The van der Waals surface area contributed by atoms with Gasteiger partial charge in [0.05, 0.1) is 6.10 Å². The molecule has 2 aromatic rings. The molecule has 2 rings (SSSR count). The number of pyridine rings is 1. The molecule has 0 fully saturated rings. The van der Waals surface area contributed by atoms with E-state index in [1.54, 1.807) is 19.3 Å². The third-order valence-corrected chi connectivity index (χ3v) is 2.52. The van der Waals surface area contributed by atoms with Gasteiger partial charge in [0.1, 0.15) is 12.4 Å². The molecule has 1 heterocycles. The van der Waals surface area contributed by atoms with Gasteiger partial charge in [-0.25, -0.2) is 0 Å². The van der Waals surface area contributed by atoms with Crippen molar-refractivity contribution in [1.29, 1.82) is 0 Å². The van der Waals surface area contributed by atoms with Crippen LogP contribution in [-0.4, -0.2) is 10.1 Å². The van der Waals surface area contributed by atoms with Gasteiger partial charge >= 0.3 is 0 Å². The highest BCUT2D eigenvalue weighted by Crippen LogP contribution is 2.18. The Hall–Kier alpha value is -1.87. The first-order valence-corrected chi connectivity index (χ1v) is 5.55. The molecule has 3 nitrogen and oxygen atoms in total. The van der Waals surface area contributed by atoms with Crippen LogP contribution in [0.5, 0.6) is 5.75 Å². The Morgan fingerprint density at radius 3 is 2.35 bits per heavy atom. The molecule has 0 spiro atoms. The molecule has 88 valence electrons. The number of hydrogen-bond acceptors (Lipinski definition) is 3.